The molecule has 2 aromatic heterocycles. The first-order valence-corrected chi connectivity index (χ1v) is 10.3. The SMILES string of the molecule is O=C(Cc1csc(SCc2ccc(Br)cc2)n1)NCc1ccccn1. The Morgan fingerprint density at radius 1 is 1.16 bits per heavy atom. The van der Waals surface area contributed by atoms with Gasteiger partial charge in [-0.05, 0) is 29.8 Å². The molecule has 1 amide bonds. The summed E-state index contributed by atoms with van der Waals surface area (Å²) in [5, 5.41) is 4.82. The number of thioether (sulfide) groups is 1. The van der Waals surface area contributed by atoms with E-state index in [0.29, 0.717) is 13.0 Å². The standard InChI is InChI=1S/C18H16BrN3OS2/c19-14-6-4-13(5-7-14)11-24-18-22-16(12-25-18)9-17(23)21-10-15-3-1-2-8-20-15/h1-8,12H,9-11H2,(H,21,23). The minimum absolute atomic E-state index is 0.0413. The van der Waals surface area contributed by atoms with Crippen molar-refractivity contribution in [1.82, 2.24) is 15.3 Å². The molecule has 3 rings (SSSR count). The van der Waals surface area contributed by atoms with Crippen LogP contribution in [0, 0.1) is 0 Å². The van der Waals surface area contributed by atoms with Gasteiger partial charge in [0.25, 0.3) is 0 Å². The number of benzene rings is 1. The van der Waals surface area contributed by atoms with E-state index in [4.69, 9.17) is 0 Å². The summed E-state index contributed by atoms with van der Waals surface area (Å²) >= 11 is 6.70. The zero-order valence-electron chi connectivity index (χ0n) is 13.3. The Morgan fingerprint density at radius 3 is 2.76 bits per heavy atom. The van der Waals surface area contributed by atoms with Crippen molar-refractivity contribution < 1.29 is 4.79 Å². The lowest BCUT2D eigenvalue weighted by molar-refractivity contribution is -0.120. The van der Waals surface area contributed by atoms with Crippen molar-refractivity contribution in [2.24, 2.45) is 0 Å². The summed E-state index contributed by atoms with van der Waals surface area (Å²) in [5.74, 6) is 0.826. The second-order valence-electron chi connectivity index (χ2n) is 5.29. The van der Waals surface area contributed by atoms with Crippen LogP contribution in [-0.4, -0.2) is 15.9 Å². The summed E-state index contributed by atoms with van der Waals surface area (Å²) < 4.78 is 2.06. The number of nitrogens with zero attached hydrogens (tertiary/aromatic N) is 2. The second kappa shape index (κ2) is 9.12. The van der Waals surface area contributed by atoms with Crippen LogP contribution in [0.4, 0.5) is 0 Å². The summed E-state index contributed by atoms with van der Waals surface area (Å²) in [6, 6.07) is 13.9. The van der Waals surface area contributed by atoms with Gasteiger partial charge in [0.15, 0.2) is 0 Å². The van der Waals surface area contributed by atoms with Gasteiger partial charge in [0.05, 0.1) is 24.4 Å². The van der Waals surface area contributed by atoms with Crippen LogP contribution in [0.5, 0.6) is 0 Å². The van der Waals surface area contributed by atoms with Gasteiger partial charge in [-0.1, -0.05) is 45.9 Å². The molecule has 0 aliphatic carbocycles. The van der Waals surface area contributed by atoms with Gasteiger partial charge < -0.3 is 5.32 Å². The lowest BCUT2D eigenvalue weighted by Crippen LogP contribution is -2.25. The highest BCUT2D eigenvalue weighted by atomic mass is 79.9. The van der Waals surface area contributed by atoms with Crippen molar-refractivity contribution in [1.29, 1.82) is 0 Å². The molecule has 0 spiro atoms. The molecule has 0 atom stereocenters. The number of rotatable bonds is 7. The Hall–Kier alpha value is -1.70. The normalized spacial score (nSPS) is 10.6. The number of pyridine rings is 1. The molecule has 0 bridgehead atoms. The second-order valence-corrected chi connectivity index (χ2v) is 8.29. The van der Waals surface area contributed by atoms with Crippen LogP contribution in [0.2, 0.25) is 0 Å². The molecule has 128 valence electrons. The Balaban J connectivity index is 1.46. The van der Waals surface area contributed by atoms with E-state index < -0.39 is 0 Å². The minimum atomic E-state index is -0.0413. The molecule has 2 heterocycles. The molecule has 0 aliphatic rings. The van der Waals surface area contributed by atoms with E-state index >= 15 is 0 Å². The maximum Gasteiger partial charge on any atom is 0.226 e. The van der Waals surface area contributed by atoms with Crippen molar-refractivity contribution >= 4 is 44.9 Å². The van der Waals surface area contributed by atoms with Crippen LogP contribution in [0.25, 0.3) is 0 Å². The van der Waals surface area contributed by atoms with Gasteiger partial charge in [0.1, 0.15) is 4.34 Å². The highest BCUT2D eigenvalue weighted by Gasteiger charge is 2.08. The molecule has 1 aromatic carbocycles. The molecule has 7 heteroatoms. The van der Waals surface area contributed by atoms with Gasteiger partial charge in [-0.2, -0.15) is 0 Å². The minimum Gasteiger partial charge on any atom is -0.350 e. The molecule has 1 N–H and O–H groups in total. The number of amides is 1. The summed E-state index contributed by atoms with van der Waals surface area (Å²) in [6.07, 6.45) is 2.01. The van der Waals surface area contributed by atoms with Crippen LogP contribution in [0.15, 0.2) is 62.9 Å². The Kier molecular flexibility index (Phi) is 6.61. The van der Waals surface area contributed by atoms with Crippen LogP contribution in [0.3, 0.4) is 0 Å². The van der Waals surface area contributed by atoms with Crippen LogP contribution < -0.4 is 5.32 Å². The number of halogens is 1. The summed E-state index contributed by atoms with van der Waals surface area (Å²) in [4.78, 5) is 20.7. The first-order valence-electron chi connectivity index (χ1n) is 7.67. The molecular formula is C18H16BrN3OS2. The van der Waals surface area contributed by atoms with E-state index in [2.05, 4.69) is 43.3 Å². The zero-order valence-corrected chi connectivity index (χ0v) is 16.5. The number of hydrogen-bond acceptors (Lipinski definition) is 5. The van der Waals surface area contributed by atoms with Crippen molar-refractivity contribution in [3.8, 4) is 0 Å². The Morgan fingerprint density at radius 2 is 2.00 bits per heavy atom. The molecule has 25 heavy (non-hydrogen) atoms. The molecule has 0 saturated heterocycles. The summed E-state index contributed by atoms with van der Waals surface area (Å²) in [7, 11) is 0. The number of carbonyl (C=O) groups excluding carboxylic acids is 1. The molecule has 0 radical (unpaired) electrons. The van der Waals surface area contributed by atoms with E-state index in [9.17, 15) is 4.79 Å². The van der Waals surface area contributed by atoms with Gasteiger partial charge in [-0.15, -0.1) is 11.3 Å². The number of thiazole rings is 1. The molecule has 0 aliphatic heterocycles. The fourth-order valence-corrected chi connectivity index (χ4v) is 4.15. The Bertz CT molecular complexity index is 822. The number of aromatic nitrogens is 2. The predicted molar refractivity (Wildman–Crippen MR) is 106 cm³/mol. The Labute approximate surface area is 163 Å². The highest BCUT2D eigenvalue weighted by Crippen LogP contribution is 2.26. The van der Waals surface area contributed by atoms with Crippen molar-refractivity contribution in [3.05, 3.63) is 75.5 Å². The van der Waals surface area contributed by atoms with E-state index in [-0.39, 0.29) is 5.91 Å². The zero-order chi connectivity index (χ0) is 17.5. The third-order valence-corrected chi connectivity index (χ3v) is 6.01. The third-order valence-electron chi connectivity index (χ3n) is 3.34. The molecule has 0 fully saturated rings. The molecule has 4 nitrogen and oxygen atoms in total. The smallest absolute Gasteiger partial charge is 0.226 e. The fourth-order valence-electron chi connectivity index (χ4n) is 2.08. The average molecular weight is 434 g/mol. The lowest BCUT2D eigenvalue weighted by atomic mass is 10.2. The van der Waals surface area contributed by atoms with Gasteiger partial charge in [0, 0.05) is 21.8 Å². The predicted octanol–water partition coefficient (Wildman–Crippen LogP) is 4.45. The van der Waals surface area contributed by atoms with E-state index in [1.807, 2.05) is 35.7 Å². The van der Waals surface area contributed by atoms with Gasteiger partial charge in [-0.3, -0.25) is 9.78 Å². The number of nitrogens with one attached hydrogen (secondary N) is 1. The average Bonchev–Trinajstić information content (AvgIpc) is 3.08. The maximum atomic E-state index is 12.0. The van der Waals surface area contributed by atoms with E-state index in [1.165, 1.54) is 5.56 Å². The largest absolute Gasteiger partial charge is 0.350 e. The van der Waals surface area contributed by atoms with Crippen molar-refractivity contribution in [2.75, 3.05) is 0 Å². The first-order chi connectivity index (χ1) is 12.2. The molecular weight excluding hydrogens is 418 g/mol. The highest BCUT2D eigenvalue weighted by molar-refractivity contribution is 9.10. The lowest BCUT2D eigenvalue weighted by Gasteiger charge is -2.03. The van der Waals surface area contributed by atoms with Gasteiger partial charge >= 0.3 is 0 Å². The molecule has 0 saturated carbocycles. The van der Waals surface area contributed by atoms with Crippen molar-refractivity contribution in [3.63, 3.8) is 0 Å². The van der Waals surface area contributed by atoms with Crippen LogP contribution >= 0.6 is 39.0 Å². The topological polar surface area (TPSA) is 54.9 Å². The number of carbonyl (C=O) groups is 1. The van der Waals surface area contributed by atoms with Crippen LogP contribution in [-0.2, 0) is 23.5 Å². The monoisotopic (exact) mass is 433 g/mol. The molecule has 0 unspecified atom stereocenters. The fraction of sp³-hybridized carbons (Fsp3) is 0.167. The summed E-state index contributed by atoms with van der Waals surface area (Å²) in [6.45, 7) is 0.439. The van der Waals surface area contributed by atoms with Crippen molar-refractivity contribution in [2.45, 2.75) is 23.1 Å². The first kappa shape index (κ1) is 18.1. The third kappa shape index (κ3) is 5.95. The van der Waals surface area contributed by atoms with E-state index in [1.54, 1.807) is 29.3 Å². The number of hydrogen-bond donors (Lipinski definition) is 1. The summed E-state index contributed by atoms with van der Waals surface area (Å²) in [5.41, 5.74) is 2.90. The van der Waals surface area contributed by atoms with Gasteiger partial charge in [-0.25, -0.2) is 4.98 Å². The molecule has 3 aromatic rings. The van der Waals surface area contributed by atoms with Gasteiger partial charge in [0.2, 0.25) is 5.91 Å². The quantitative estimate of drug-likeness (QED) is 0.559. The maximum absolute atomic E-state index is 12.0. The van der Waals surface area contributed by atoms with E-state index in [0.717, 1.165) is 26.0 Å². The van der Waals surface area contributed by atoms with Crippen LogP contribution in [0.1, 0.15) is 17.0 Å².